The number of halogens is 1. The number of hydrogen-bond acceptors (Lipinski definition) is 4. The normalized spacial score (nSPS) is 13.1. The van der Waals surface area contributed by atoms with Crippen molar-refractivity contribution in [3.05, 3.63) is 56.2 Å². The number of hydrogen-bond donors (Lipinski definition) is 2. The third kappa shape index (κ3) is 1.58. The van der Waals surface area contributed by atoms with Gasteiger partial charge in [-0.25, -0.2) is 0 Å². The quantitative estimate of drug-likeness (QED) is 0.473. The van der Waals surface area contributed by atoms with Crippen LogP contribution in [-0.2, 0) is 0 Å². The molecule has 0 atom stereocenters. The Morgan fingerprint density at radius 3 is 2.05 bits per heavy atom. The first-order valence-electron chi connectivity index (χ1n) is 5.58. The number of carbonyl (C=O) groups excluding carboxylic acids is 2. The highest BCUT2D eigenvalue weighted by molar-refractivity contribution is 14.1. The fourth-order valence-corrected chi connectivity index (χ4v) is 2.87. The van der Waals surface area contributed by atoms with E-state index in [1.165, 1.54) is 0 Å². The van der Waals surface area contributed by atoms with Crippen molar-refractivity contribution >= 4 is 45.5 Å². The van der Waals surface area contributed by atoms with Crippen molar-refractivity contribution < 1.29 is 9.59 Å². The summed E-state index contributed by atoms with van der Waals surface area (Å²) in [5, 5.41) is 0. The summed E-state index contributed by atoms with van der Waals surface area (Å²) in [6.45, 7) is 0. The molecule has 0 fully saturated rings. The highest BCUT2D eigenvalue weighted by Gasteiger charge is 2.32. The molecule has 0 radical (unpaired) electrons. The second-order valence-electron chi connectivity index (χ2n) is 4.31. The highest BCUT2D eigenvalue weighted by atomic mass is 127. The van der Waals surface area contributed by atoms with Gasteiger partial charge in [-0.3, -0.25) is 9.59 Å². The van der Waals surface area contributed by atoms with Crippen LogP contribution in [0.4, 0.5) is 11.4 Å². The largest absolute Gasteiger partial charge is 0.396 e. The lowest BCUT2D eigenvalue weighted by atomic mass is 9.83. The SMILES string of the molecule is Nc1c(I)cc2c(c1N)C(=O)c1ccccc1C2=O. The maximum absolute atomic E-state index is 12.4. The van der Waals surface area contributed by atoms with Crippen molar-refractivity contribution in [2.45, 2.75) is 0 Å². The van der Waals surface area contributed by atoms with Crippen LogP contribution in [0.2, 0.25) is 0 Å². The predicted octanol–water partition coefficient (Wildman–Crippen LogP) is 2.23. The number of benzene rings is 2. The molecule has 0 aromatic heterocycles. The van der Waals surface area contributed by atoms with E-state index in [1.54, 1.807) is 30.3 Å². The Labute approximate surface area is 122 Å². The minimum absolute atomic E-state index is 0.185. The Hall–Kier alpha value is -1.89. The van der Waals surface area contributed by atoms with Crippen LogP contribution in [0.15, 0.2) is 30.3 Å². The molecule has 94 valence electrons. The zero-order valence-corrected chi connectivity index (χ0v) is 11.9. The monoisotopic (exact) mass is 364 g/mol. The molecular weight excluding hydrogens is 355 g/mol. The zero-order chi connectivity index (χ0) is 13.7. The first kappa shape index (κ1) is 12.2. The maximum Gasteiger partial charge on any atom is 0.196 e. The van der Waals surface area contributed by atoms with Crippen molar-refractivity contribution in [3.63, 3.8) is 0 Å². The van der Waals surface area contributed by atoms with Crippen LogP contribution in [0.5, 0.6) is 0 Å². The van der Waals surface area contributed by atoms with Crippen LogP contribution in [0.1, 0.15) is 31.8 Å². The molecule has 0 saturated heterocycles. The van der Waals surface area contributed by atoms with Gasteiger partial charge in [0.25, 0.3) is 0 Å². The number of nitrogen functional groups attached to an aromatic ring is 2. The van der Waals surface area contributed by atoms with Crippen LogP contribution in [0.3, 0.4) is 0 Å². The predicted molar refractivity (Wildman–Crippen MR) is 81.3 cm³/mol. The van der Waals surface area contributed by atoms with Gasteiger partial charge in [0.2, 0.25) is 0 Å². The van der Waals surface area contributed by atoms with Crippen molar-refractivity contribution in [1.29, 1.82) is 0 Å². The van der Waals surface area contributed by atoms with Gasteiger partial charge in [0.15, 0.2) is 11.6 Å². The fourth-order valence-electron chi connectivity index (χ4n) is 2.27. The Kier molecular flexibility index (Phi) is 2.60. The first-order valence-corrected chi connectivity index (χ1v) is 6.66. The second-order valence-corrected chi connectivity index (χ2v) is 5.47. The number of carbonyl (C=O) groups is 2. The van der Waals surface area contributed by atoms with Crippen LogP contribution in [-0.4, -0.2) is 11.6 Å². The van der Waals surface area contributed by atoms with Crippen LogP contribution in [0.25, 0.3) is 0 Å². The molecular formula is C14H9IN2O2. The van der Waals surface area contributed by atoms with Gasteiger partial charge < -0.3 is 11.5 Å². The van der Waals surface area contributed by atoms with Gasteiger partial charge in [-0.05, 0) is 28.7 Å². The Balaban J connectivity index is 2.40. The maximum atomic E-state index is 12.4. The van der Waals surface area contributed by atoms with Crippen LogP contribution in [0, 0.1) is 3.57 Å². The van der Waals surface area contributed by atoms with Crippen LogP contribution < -0.4 is 11.5 Å². The minimum Gasteiger partial charge on any atom is -0.396 e. The molecule has 19 heavy (non-hydrogen) atoms. The Morgan fingerprint density at radius 2 is 1.42 bits per heavy atom. The number of ketones is 2. The Morgan fingerprint density at radius 1 is 0.842 bits per heavy atom. The molecule has 0 aliphatic heterocycles. The van der Waals surface area contributed by atoms with E-state index in [-0.39, 0.29) is 22.8 Å². The van der Waals surface area contributed by atoms with E-state index in [9.17, 15) is 9.59 Å². The van der Waals surface area contributed by atoms with Crippen molar-refractivity contribution in [3.8, 4) is 0 Å². The summed E-state index contributed by atoms with van der Waals surface area (Å²) in [6, 6.07) is 8.36. The van der Waals surface area contributed by atoms with E-state index in [0.29, 0.717) is 25.9 Å². The first-order chi connectivity index (χ1) is 9.02. The average Bonchev–Trinajstić information content (AvgIpc) is 2.42. The molecule has 3 rings (SSSR count). The topological polar surface area (TPSA) is 86.2 Å². The summed E-state index contributed by atoms with van der Waals surface area (Å²) in [5.74, 6) is -0.430. The average molecular weight is 364 g/mol. The lowest BCUT2D eigenvalue weighted by molar-refractivity contribution is 0.0979. The summed E-state index contributed by atoms with van der Waals surface area (Å²) in [7, 11) is 0. The molecule has 0 heterocycles. The van der Waals surface area contributed by atoms with Crippen molar-refractivity contribution in [1.82, 2.24) is 0 Å². The van der Waals surface area contributed by atoms with E-state index < -0.39 is 0 Å². The third-order valence-corrected chi connectivity index (χ3v) is 4.14. The lowest BCUT2D eigenvalue weighted by Crippen LogP contribution is -2.23. The summed E-state index contributed by atoms with van der Waals surface area (Å²) in [6.07, 6.45) is 0. The molecule has 2 aromatic carbocycles. The molecule has 0 spiro atoms. The molecule has 5 heteroatoms. The van der Waals surface area contributed by atoms with Gasteiger partial charge in [0, 0.05) is 20.3 Å². The standard InChI is InChI=1S/C14H9IN2O2/c15-9-5-8-10(12(17)11(9)16)14(19)7-4-2-1-3-6(7)13(8)18/h1-5H,16-17H2. The molecule has 4 N–H and O–H groups in total. The summed E-state index contributed by atoms with van der Waals surface area (Å²) in [5.41, 5.74) is 13.6. The number of nitrogens with two attached hydrogens (primary N) is 2. The Bertz CT molecular complexity index is 753. The van der Waals surface area contributed by atoms with Gasteiger partial charge in [-0.1, -0.05) is 24.3 Å². The number of fused-ring (bicyclic) bond motifs is 2. The fraction of sp³-hybridized carbons (Fsp3) is 0. The van der Waals surface area contributed by atoms with Crippen molar-refractivity contribution in [2.24, 2.45) is 0 Å². The minimum atomic E-state index is -0.245. The molecule has 0 bridgehead atoms. The van der Waals surface area contributed by atoms with E-state index in [4.69, 9.17) is 11.5 Å². The van der Waals surface area contributed by atoms with E-state index in [0.717, 1.165) is 0 Å². The van der Waals surface area contributed by atoms with Crippen LogP contribution >= 0.6 is 22.6 Å². The van der Waals surface area contributed by atoms with E-state index in [2.05, 4.69) is 0 Å². The summed E-state index contributed by atoms with van der Waals surface area (Å²) in [4.78, 5) is 24.9. The molecule has 1 aliphatic carbocycles. The van der Waals surface area contributed by atoms with Gasteiger partial charge in [-0.2, -0.15) is 0 Å². The van der Waals surface area contributed by atoms with Gasteiger partial charge >= 0.3 is 0 Å². The molecule has 1 aliphatic rings. The molecule has 0 amide bonds. The lowest BCUT2D eigenvalue weighted by Gasteiger charge is -2.20. The number of rotatable bonds is 0. The highest BCUT2D eigenvalue weighted by Crippen LogP contribution is 2.36. The zero-order valence-electron chi connectivity index (χ0n) is 9.74. The van der Waals surface area contributed by atoms with Gasteiger partial charge in [0.1, 0.15) is 0 Å². The van der Waals surface area contributed by atoms with E-state index >= 15 is 0 Å². The van der Waals surface area contributed by atoms with E-state index in [1.807, 2.05) is 22.6 Å². The van der Waals surface area contributed by atoms with Gasteiger partial charge in [-0.15, -0.1) is 0 Å². The molecule has 0 unspecified atom stereocenters. The second kappa shape index (κ2) is 4.06. The number of anilines is 2. The molecule has 2 aromatic rings. The van der Waals surface area contributed by atoms with Gasteiger partial charge in [0.05, 0.1) is 16.9 Å². The smallest absolute Gasteiger partial charge is 0.196 e. The van der Waals surface area contributed by atoms with Crippen molar-refractivity contribution in [2.75, 3.05) is 11.5 Å². The molecule has 0 saturated carbocycles. The molecule has 4 nitrogen and oxygen atoms in total. The summed E-state index contributed by atoms with van der Waals surface area (Å²) >= 11 is 2.00. The third-order valence-electron chi connectivity index (χ3n) is 3.25. The summed E-state index contributed by atoms with van der Waals surface area (Å²) < 4.78 is 0.675.